The first kappa shape index (κ1) is 10.5. The minimum Gasteiger partial charge on any atom is -0.306 e. The van der Waals surface area contributed by atoms with Crippen LogP contribution in [-0.2, 0) is 0 Å². The molecule has 0 saturated carbocycles. The molecule has 1 aromatic rings. The van der Waals surface area contributed by atoms with Crippen LogP contribution in [0.25, 0.3) is 0 Å². The zero-order valence-electron chi connectivity index (χ0n) is 8.50. The minimum absolute atomic E-state index is 0.468. The van der Waals surface area contributed by atoms with Gasteiger partial charge in [0.15, 0.2) is 0 Å². The van der Waals surface area contributed by atoms with E-state index in [4.69, 9.17) is 0 Å². The van der Waals surface area contributed by atoms with Crippen molar-refractivity contribution in [2.24, 2.45) is 0 Å². The lowest BCUT2D eigenvalue weighted by molar-refractivity contribution is 0.626. The van der Waals surface area contributed by atoms with E-state index in [0.29, 0.717) is 6.04 Å². The number of rotatable bonds is 4. The van der Waals surface area contributed by atoms with Gasteiger partial charge < -0.3 is 5.32 Å². The van der Waals surface area contributed by atoms with Gasteiger partial charge in [-0.1, -0.05) is 17.7 Å². The molecule has 0 aliphatic carbocycles. The normalized spacial score (nSPS) is 12.5. The van der Waals surface area contributed by atoms with Crippen molar-refractivity contribution < 1.29 is 0 Å². The average molecular weight is 195 g/mol. The van der Waals surface area contributed by atoms with Crippen molar-refractivity contribution in [2.45, 2.75) is 26.8 Å². The molecule has 1 heterocycles. The lowest BCUT2D eigenvalue weighted by Crippen LogP contribution is -2.17. The van der Waals surface area contributed by atoms with Gasteiger partial charge in [0.05, 0.1) is 0 Å². The Hall–Kier alpha value is -0.600. The highest BCUT2D eigenvalue weighted by molar-refractivity contribution is 7.10. The summed E-state index contributed by atoms with van der Waals surface area (Å²) in [5.41, 5.74) is 1.37. The number of nitrogens with one attached hydrogen (secondary N) is 1. The van der Waals surface area contributed by atoms with Crippen LogP contribution in [0.2, 0.25) is 0 Å². The molecular weight excluding hydrogens is 178 g/mol. The van der Waals surface area contributed by atoms with Gasteiger partial charge in [-0.15, -0.1) is 11.3 Å². The van der Waals surface area contributed by atoms with Crippen molar-refractivity contribution in [3.8, 4) is 0 Å². The third-order valence-corrected chi connectivity index (χ3v) is 2.96. The van der Waals surface area contributed by atoms with Gasteiger partial charge in [-0.05, 0) is 32.2 Å². The van der Waals surface area contributed by atoms with Gasteiger partial charge in [-0.3, -0.25) is 0 Å². The van der Waals surface area contributed by atoms with Crippen molar-refractivity contribution in [3.05, 3.63) is 34.0 Å². The zero-order valence-corrected chi connectivity index (χ0v) is 9.32. The molecule has 1 nitrogen and oxygen atoms in total. The van der Waals surface area contributed by atoms with Crippen LogP contribution in [0, 0.1) is 0 Å². The Kier molecular flexibility index (Phi) is 4.19. The standard InChI is InChI=1S/C11H17NS/c1-9(2)6-7-12-10(3)11-5-4-8-13-11/h4-6,8,10,12H,7H2,1-3H3/t10-/m1/s1. The SMILES string of the molecule is CC(C)=CCN[C@H](C)c1cccs1. The molecule has 1 N–H and O–H groups in total. The topological polar surface area (TPSA) is 12.0 Å². The van der Waals surface area contributed by atoms with E-state index in [9.17, 15) is 0 Å². The first-order valence-corrected chi connectivity index (χ1v) is 5.48. The molecule has 0 aliphatic heterocycles. The molecule has 0 radical (unpaired) electrons. The summed E-state index contributed by atoms with van der Waals surface area (Å²) >= 11 is 1.81. The van der Waals surface area contributed by atoms with Gasteiger partial charge in [0.2, 0.25) is 0 Å². The highest BCUT2D eigenvalue weighted by atomic mass is 32.1. The Balaban J connectivity index is 2.34. The molecule has 1 rings (SSSR count). The number of allylic oxidation sites excluding steroid dienone is 1. The molecule has 1 aromatic heterocycles. The molecule has 72 valence electrons. The maximum atomic E-state index is 3.45. The first-order valence-electron chi connectivity index (χ1n) is 4.60. The second-order valence-electron chi connectivity index (χ2n) is 3.43. The van der Waals surface area contributed by atoms with Gasteiger partial charge in [-0.25, -0.2) is 0 Å². The summed E-state index contributed by atoms with van der Waals surface area (Å²) in [7, 11) is 0. The number of hydrogen-bond donors (Lipinski definition) is 1. The molecule has 0 amide bonds. The summed E-state index contributed by atoms with van der Waals surface area (Å²) in [6, 6.07) is 4.74. The van der Waals surface area contributed by atoms with Gasteiger partial charge in [0, 0.05) is 17.5 Å². The van der Waals surface area contributed by atoms with E-state index < -0.39 is 0 Å². The van der Waals surface area contributed by atoms with Gasteiger partial charge in [0.25, 0.3) is 0 Å². The summed E-state index contributed by atoms with van der Waals surface area (Å²) < 4.78 is 0. The quantitative estimate of drug-likeness (QED) is 0.726. The molecule has 0 bridgehead atoms. The minimum atomic E-state index is 0.468. The Morgan fingerprint density at radius 2 is 2.38 bits per heavy atom. The predicted octanol–water partition coefficient (Wildman–Crippen LogP) is 3.36. The highest BCUT2D eigenvalue weighted by Gasteiger charge is 2.02. The van der Waals surface area contributed by atoms with E-state index in [1.54, 1.807) is 11.3 Å². The molecule has 0 aliphatic rings. The van der Waals surface area contributed by atoms with Crippen LogP contribution in [0.3, 0.4) is 0 Å². The maximum Gasteiger partial charge on any atom is 0.0388 e. The summed E-state index contributed by atoms with van der Waals surface area (Å²) in [5.74, 6) is 0. The highest BCUT2D eigenvalue weighted by Crippen LogP contribution is 2.17. The molecule has 2 heteroatoms. The lowest BCUT2D eigenvalue weighted by Gasteiger charge is -2.09. The number of thiophene rings is 1. The Bertz CT molecular complexity index is 258. The molecule has 1 atom stereocenters. The average Bonchev–Trinajstić information content (AvgIpc) is 2.55. The monoisotopic (exact) mass is 195 g/mol. The smallest absolute Gasteiger partial charge is 0.0388 e. The predicted molar refractivity (Wildman–Crippen MR) is 60.2 cm³/mol. The van der Waals surface area contributed by atoms with Crippen LogP contribution in [0.4, 0.5) is 0 Å². The lowest BCUT2D eigenvalue weighted by atomic mass is 10.2. The number of hydrogen-bond acceptors (Lipinski definition) is 2. The van der Waals surface area contributed by atoms with Crippen molar-refractivity contribution in [1.82, 2.24) is 5.32 Å². The van der Waals surface area contributed by atoms with Crippen LogP contribution in [0.5, 0.6) is 0 Å². The fourth-order valence-corrected chi connectivity index (χ4v) is 1.84. The second kappa shape index (κ2) is 5.20. The van der Waals surface area contributed by atoms with Gasteiger partial charge in [-0.2, -0.15) is 0 Å². The van der Waals surface area contributed by atoms with E-state index in [-0.39, 0.29) is 0 Å². The molecule has 13 heavy (non-hydrogen) atoms. The molecule has 0 fully saturated rings. The molecule has 0 unspecified atom stereocenters. The molecule has 0 spiro atoms. The van der Waals surface area contributed by atoms with E-state index in [1.807, 2.05) is 0 Å². The van der Waals surface area contributed by atoms with Crippen LogP contribution in [-0.4, -0.2) is 6.54 Å². The third-order valence-electron chi connectivity index (χ3n) is 1.90. The van der Waals surface area contributed by atoms with Crippen molar-refractivity contribution in [1.29, 1.82) is 0 Å². The Labute approximate surface area is 84.5 Å². The van der Waals surface area contributed by atoms with E-state index in [2.05, 4.69) is 49.7 Å². The molecular formula is C11H17NS. The first-order chi connectivity index (χ1) is 6.20. The summed E-state index contributed by atoms with van der Waals surface area (Å²) in [4.78, 5) is 1.40. The van der Waals surface area contributed by atoms with Crippen LogP contribution >= 0.6 is 11.3 Å². The van der Waals surface area contributed by atoms with Crippen molar-refractivity contribution in [3.63, 3.8) is 0 Å². The molecule has 0 aromatic carbocycles. The van der Waals surface area contributed by atoms with Crippen molar-refractivity contribution in [2.75, 3.05) is 6.54 Å². The summed E-state index contributed by atoms with van der Waals surface area (Å²) in [5, 5.41) is 5.57. The van der Waals surface area contributed by atoms with Crippen LogP contribution in [0.1, 0.15) is 31.7 Å². The van der Waals surface area contributed by atoms with E-state index in [0.717, 1.165) is 6.54 Å². The van der Waals surface area contributed by atoms with E-state index in [1.165, 1.54) is 10.5 Å². The van der Waals surface area contributed by atoms with Gasteiger partial charge in [0.1, 0.15) is 0 Å². The van der Waals surface area contributed by atoms with Gasteiger partial charge >= 0.3 is 0 Å². The zero-order chi connectivity index (χ0) is 9.68. The Morgan fingerprint density at radius 3 is 2.92 bits per heavy atom. The largest absolute Gasteiger partial charge is 0.306 e. The van der Waals surface area contributed by atoms with Crippen LogP contribution in [0.15, 0.2) is 29.2 Å². The van der Waals surface area contributed by atoms with Crippen molar-refractivity contribution >= 4 is 11.3 Å². The third kappa shape index (κ3) is 3.75. The second-order valence-corrected chi connectivity index (χ2v) is 4.41. The van der Waals surface area contributed by atoms with Crippen LogP contribution < -0.4 is 5.32 Å². The fraction of sp³-hybridized carbons (Fsp3) is 0.455. The Morgan fingerprint density at radius 1 is 1.62 bits per heavy atom. The summed E-state index contributed by atoms with van der Waals surface area (Å²) in [6.07, 6.45) is 2.21. The maximum absolute atomic E-state index is 3.45. The van der Waals surface area contributed by atoms with E-state index >= 15 is 0 Å². The fourth-order valence-electron chi connectivity index (χ4n) is 1.08. The summed E-state index contributed by atoms with van der Waals surface area (Å²) in [6.45, 7) is 7.40. The molecule has 0 saturated heterocycles.